The molecule has 0 atom stereocenters. The summed E-state index contributed by atoms with van der Waals surface area (Å²) in [6.07, 6.45) is 3.42. The summed E-state index contributed by atoms with van der Waals surface area (Å²) in [5, 5.41) is 0.875. The van der Waals surface area contributed by atoms with Crippen molar-refractivity contribution in [2.75, 3.05) is 5.73 Å². The Hall–Kier alpha value is -1.49. The molecule has 0 radical (unpaired) electrons. The van der Waals surface area contributed by atoms with Gasteiger partial charge in [0.05, 0.1) is 11.9 Å². The molecule has 72 valence electrons. The highest BCUT2D eigenvalue weighted by molar-refractivity contribution is 7.09. The van der Waals surface area contributed by atoms with Crippen LogP contribution < -0.4 is 5.73 Å². The Morgan fingerprint density at radius 1 is 1.29 bits per heavy atom. The third-order valence-electron chi connectivity index (χ3n) is 2.01. The van der Waals surface area contributed by atoms with E-state index in [1.165, 1.54) is 11.5 Å². The first-order valence-electron chi connectivity index (χ1n) is 4.19. The van der Waals surface area contributed by atoms with Crippen molar-refractivity contribution in [2.45, 2.75) is 13.8 Å². The number of rotatable bonds is 1. The van der Waals surface area contributed by atoms with Gasteiger partial charge in [0.15, 0.2) is 0 Å². The van der Waals surface area contributed by atoms with Crippen LogP contribution in [-0.2, 0) is 0 Å². The van der Waals surface area contributed by atoms with Crippen LogP contribution in [0.1, 0.15) is 11.4 Å². The van der Waals surface area contributed by atoms with Gasteiger partial charge in [-0.3, -0.25) is 4.98 Å². The van der Waals surface area contributed by atoms with Crippen LogP contribution in [-0.4, -0.2) is 14.3 Å². The molecule has 0 saturated heterocycles. The first-order chi connectivity index (χ1) is 6.68. The molecular formula is C9H10N4S. The number of aryl methyl sites for hydroxylation is 1. The zero-order valence-corrected chi connectivity index (χ0v) is 8.80. The highest BCUT2D eigenvalue weighted by Crippen LogP contribution is 2.26. The smallest absolute Gasteiger partial charge is 0.145 e. The number of hydrogen-bond acceptors (Lipinski definition) is 5. The molecule has 0 aliphatic heterocycles. The van der Waals surface area contributed by atoms with Crippen LogP contribution in [0, 0.1) is 13.8 Å². The lowest BCUT2D eigenvalue weighted by atomic mass is 10.1. The Morgan fingerprint density at radius 2 is 2.07 bits per heavy atom. The zero-order chi connectivity index (χ0) is 10.1. The lowest BCUT2D eigenvalue weighted by Crippen LogP contribution is -1.93. The number of aromatic nitrogens is 3. The second-order valence-electron chi connectivity index (χ2n) is 3.05. The van der Waals surface area contributed by atoms with Gasteiger partial charge in [0, 0.05) is 11.8 Å². The summed E-state index contributed by atoms with van der Waals surface area (Å²) in [6, 6.07) is 0. The van der Waals surface area contributed by atoms with Crippen LogP contribution in [0.25, 0.3) is 10.6 Å². The molecule has 2 rings (SSSR count). The molecule has 0 fully saturated rings. The summed E-state index contributed by atoms with van der Waals surface area (Å²) < 4.78 is 4.13. The maximum Gasteiger partial charge on any atom is 0.145 e. The maximum absolute atomic E-state index is 5.76. The number of nitrogen functional groups attached to an aromatic ring is 1. The SMILES string of the molecule is Cc1nsc(-c2cncc(N)c2C)n1. The predicted octanol–water partition coefficient (Wildman–Crippen LogP) is 1.80. The quantitative estimate of drug-likeness (QED) is 0.772. The molecule has 0 aromatic carbocycles. The predicted molar refractivity (Wildman–Crippen MR) is 57.0 cm³/mol. The van der Waals surface area contributed by atoms with Gasteiger partial charge >= 0.3 is 0 Å². The van der Waals surface area contributed by atoms with Gasteiger partial charge in [0.1, 0.15) is 10.8 Å². The fourth-order valence-electron chi connectivity index (χ4n) is 1.16. The van der Waals surface area contributed by atoms with Crippen LogP contribution in [0.15, 0.2) is 12.4 Å². The molecular weight excluding hydrogens is 196 g/mol. The summed E-state index contributed by atoms with van der Waals surface area (Å²) in [5.74, 6) is 0.784. The van der Waals surface area contributed by atoms with Gasteiger partial charge in [-0.1, -0.05) is 0 Å². The molecule has 14 heavy (non-hydrogen) atoms. The topological polar surface area (TPSA) is 64.7 Å². The van der Waals surface area contributed by atoms with Crippen LogP contribution in [0.5, 0.6) is 0 Å². The summed E-state index contributed by atoms with van der Waals surface area (Å²) in [5.41, 5.74) is 8.43. The van der Waals surface area contributed by atoms with Crippen LogP contribution >= 0.6 is 11.5 Å². The van der Waals surface area contributed by atoms with Crippen molar-refractivity contribution in [3.05, 3.63) is 23.8 Å². The second kappa shape index (κ2) is 3.34. The van der Waals surface area contributed by atoms with E-state index in [0.717, 1.165) is 22.0 Å². The summed E-state index contributed by atoms with van der Waals surface area (Å²) >= 11 is 1.37. The number of anilines is 1. The largest absolute Gasteiger partial charge is 0.397 e. The standard InChI is InChI=1S/C9H10N4S/c1-5-7(3-11-4-8(5)10)9-12-6(2)13-14-9/h3-4H,10H2,1-2H3. The minimum atomic E-state index is 0.690. The van der Waals surface area contributed by atoms with Gasteiger partial charge in [-0.05, 0) is 30.9 Å². The minimum Gasteiger partial charge on any atom is -0.397 e. The normalized spacial score (nSPS) is 10.4. The van der Waals surface area contributed by atoms with Gasteiger partial charge in [-0.2, -0.15) is 4.37 Å². The molecule has 4 nitrogen and oxygen atoms in total. The van der Waals surface area contributed by atoms with E-state index in [1.807, 2.05) is 13.8 Å². The first kappa shape index (κ1) is 9.08. The first-order valence-corrected chi connectivity index (χ1v) is 4.96. The van der Waals surface area contributed by atoms with E-state index in [4.69, 9.17) is 5.73 Å². The van der Waals surface area contributed by atoms with Crippen LogP contribution in [0.4, 0.5) is 5.69 Å². The fourth-order valence-corrected chi connectivity index (χ4v) is 1.90. The molecule has 0 aliphatic rings. The molecule has 0 saturated carbocycles. The van der Waals surface area contributed by atoms with Gasteiger partial charge < -0.3 is 5.73 Å². The highest BCUT2D eigenvalue weighted by atomic mass is 32.1. The monoisotopic (exact) mass is 206 g/mol. The van der Waals surface area contributed by atoms with Crippen molar-refractivity contribution in [3.63, 3.8) is 0 Å². The van der Waals surface area contributed by atoms with Crippen LogP contribution in [0.2, 0.25) is 0 Å². The number of nitrogens with two attached hydrogens (primary N) is 1. The highest BCUT2D eigenvalue weighted by Gasteiger charge is 2.08. The average Bonchev–Trinajstić information content (AvgIpc) is 2.57. The van der Waals surface area contributed by atoms with Gasteiger partial charge in [-0.25, -0.2) is 4.98 Å². The van der Waals surface area contributed by atoms with E-state index < -0.39 is 0 Å². The van der Waals surface area contributed by atoms with Gasteiger partial charge in [0.2, 0.25) is 0 Å². The van der Waals surface area contributed by atoms with Gasteiger partial charge in [0.25, 0.3) is 0 Å². The molecule has 5 heteroatoms. The maximum atomic E-state index is 5.76. The number of nitrogens with zero attached hydrogens (tertiary/aromatic N) is 3. The number of pyridine rings is 1. The van der Waals surface area contributed by atoms with E-state index in [2.05, 4.69) is 14.3 Å². The molecule has 0 bridgehead atoms. The lowest BCUT2D eigenvalue weighted by Gasteiger charge is -2.03. The Morgan fingerprint density at radius 3 is 2.71 bits per heavy atom. The third-order valence-corrected chi connectivity index (χ3v) is 2.85. The molecule has 0 unspecified atom stereocenters. The van der Waals surface area contributed by atoms with Crippen molar-refractivity contribution in [1.29, 1.82) is 0 Å². The van der Waals surface area contributed by atoms with E-state index in [9.17, 15) is 0 Å². The molecule has 2 heterocycles. The number of hydrogen-bond donors (Lipinski definition) is 1. The van der Waals surface area contributed by atoms with Crippen molar-refractivity contribution in [1.82, 2.24) is 14.3 Å². The van der Waals surface area contributed by atoms with Crippen LogP contribution in [0.3, 0.4) is 0 Å². The Bertz CT molecular complexity index is 464. The average molecular weight is 206 g/mol. The lowest BCUT2D eigenvalue weighted by molar-refractivity contribution is 1.16. The third kappa shape index (κ3) is 1.46. The fraction of sp³-hybridized carbons (Fsp3) is 0.222. The van der Waals surface area contributed by atoms with Crippen molar-refractivity contribution >= 4 is 17.2 Å². The molecule has 2 aromatic rings. The minimum absolute atomic E-state index is 0.690. The molecule has 0 aliphatic carbocycles. The van der Waals surface area contributed by atoms with Crippen molar-refractivity contribution in [2.24, 2.45) is 0 Å². The van der Waals surface area contributed by atoms with E-state index in [-0.39, 0.29) is 0 Å². The zero-order valence-electron chi connectivity index (χ0n) is 7.98. The Kier molecular flexibility index (Phi) is 2.17. The summed E-state index contributed by atoms with van der Waals surface area (Å²) in [7, 11) is 0. The Balaban J connectivity index is 2.57. The molecule has 2 N–H and O–H groups in total. The second-order valence-corrected chi connectivity index (χ2v) is 3.80. The molecule has 0 amide bonds. The van der Waals surface area contributed by atoms with E-state index in [1.54, 1.807) is 12.4 Å². The van der Waals surface area contributed by atoms with Crippen molar-refractivity contribution in [3.8, 4) is 10.6 Å². The molecule has 0 spiro atoms. The van der Waals surface area contributed by atoms with Crippen molar-refractivity contribution < 1.29 is 0 Å². The summed E-state index contributed by atoms with van der Waals surface area (Å²) in [6.45, 7) is 3.83. The molecule has 2 aromatic heterocycles. The van der Waals surface area contributed by atoms with Gasteiger partial charge in [-0.15, -0.1) is 0 Å². The van der Waals surface area contributed by atoms with E-state index in [0.29, 0.717) is 5.69 Å². The summed E-state index contributed by atoms with van der Waals surface area (Å²) in [4.78, 5) is 8.34. The van der Waals surface area contributed by atoms with E-state index >= 15 is 0 Å². The Labute approximate surface area is 86.0 Å².